The lowest BCUT2D eigenvalue weighted by atomic mass is 9.91. The van der Waals surface area contributed by atoms with Crippen LogP contribution in [0.5, 0.6) is 0 Å². The SMILES string of the molecule is C/C=C/[C@H](CO[Si](c1ccccc1)(c1ccccc1)C(C)(C)C)[C@H](C)C(C)=O. The Hall–Kier alpha value is -1.97. The fourth-order valence-electron chi connectivity index (χ4n) is 3.90. The molecular formula is C25H34O2Si. The van der Waals surface area contributed by atoms with E-state index in [0.717, 1.165) is 0 Å². The summed E-state index contributed by atoms with van der Waals surface area (Å²) in [4.78, 5) is 12.0. The quantitative estimate of drug-likeness (QED) is 0.466. The summed E-state index contributed by atoms with van der Waals surface area (Å²) in [5.41, 5.74) is 0. The summed E-state index contributed by atoms with van der Waals surface area (Å²) in [7, 11) is -2.57. The van der Waals surface area contributed by atoms with E-state index in [1.54, 1.807) is 6.92 Å². The van der Waals surface area contributed by atoms with Gasteiger partial charge in [-0.05, 0) is 29.3 Å². The van der Waals surface area contributed by atoms with E-state index in [1.807, 2.05) is 19.9 Å². The molecule has 0 aliphatic carbocycles. The number of benzene rings is 2. The Morgan fingerprint density at radius 1 is 1.00 bits per heavy atom. The third kappa shape index (κ3) is 4.71. The van der Waals surface area contributed by atoms with Gasteiger partial charge in [-0.2, -0.15) is 0 Å². The van der Waals surface area contributed by atoms with Gasteiger partial charge in [0.25, 0.3) is 8.32 Å². The van der Waals surface area contributed by atoms with Crippen LogP contribution < -0.4 is 10.4 Å². The van der Waals surface area contributed by atoms with E-state index in [-0.39, 0.29) is 22.7 Å². The molecule has 0 spiro atoms. The number of carbonyl (C=O) groups is 1. The molecule has 0 amide bonds. The highest BCUT2D eigenvalue weighted by Crippen LogP contribution is 2.37. The normalized spacial score (nSPS) is 14.8. The molecule has 2 rings (SSSR count). The Balaban J connectivity index is 2.57. The van der Waals surface area contributed by atoms with Gasteiger partial charge in [0.15, 0.2) is 0 Å². The average Bonchev–Trinajstić information content (AvgIpc) is 2.67. The van der Waals surface area contributed by atoms with Gasteiger partial charge < -0.3 is 4.43 Å². The first-order valence-corrected chi connectivity index (χ1v) is 12.0. The first kappa shape index (κ1) is 22.3. The van der Waals surface area contributed by atoms with Gasteiger partial charge in [0.2, 0.25) is 0 Å². The third-order valence-electron chi connectivity index (χ3n) is 5.63. The Morgan fingerprint density at radius 3 is 1.82 bits per heavy atom. The van der Waals surface area contributed by atoms with Gasteiger partial charge >= 0.3 is 0 Å². The van der Waals surface area contributed by atoms with Gasteiger partial charge in [-0.25, -0.2) is 0 Å². The average molecular weight is 395 g/mol. The van der Waals surface area contributed by atoms with Crippen LogP contribution in [-0.2, 0) is 9.22 Å². The number of ketones is 1. The maximum Gasteiger partial charge on any atom is 0.261 e. The molecule has 2 aromatic carbocycles. The number of carbonyl (C=O) groups excluding carboxylic acids is 1. The Labute approximate surface area is 171 Å². The van der Waals surface area contributed by atoms with Crippen molar-refractivity contribution in [2.75, 3.05) is 6.61 Å². The summed E-state index contributed by atoms with van der Waals surface area (Å²) in [6, 6.07) is 21.3. The zero-order chi connectivity index (χ0) is 20.8. The molecule has 0 aromatic heterocycles. The van der Waals surface area contributed by atoms with Crippen LogP contribution in [-0.4, -0.2) is 20.7 Å². The molecule has 28 heavy (non-hydrogen) atoms. The van der Waals surface area contributed by atoms with Crippen molar-refractivity contribution in [3.63, 3.8) is 0 Å². The molecule has 2 nitrogen and oxygen atoms in total. The lowest BCUT2D eigenvalue weighted by molar-refractivity contribution is -0.121. The van der Waals surface area contributed by atoms with E-state index in [2.05, 4.69) is 87.5 Å². The van der Waals surface area contributed by atoms with Crippen molar-refractivity contribution in [1.82, 2.24) is 0 Å². The van der Waals surface area contributed by atoms with Crippen LogP contribution in [0.1, 0.15) is 41.5 Å². The van der Waals surface area contributed by atoms with Crippen LogP contribution in [0.2, 0.25) is 5.04 Å². The predicted molar refractivity (Wildman–Crippen MR) is 122 cm³/mol. The highest BCUT2D eigenvalue weighted by Gasteiger charge is 2.50. The summed E-state index contributed by atoms with van der Waals surface area (Å²) >= 11 is 0. The second-order valence-electron chi connectivity index (χ2n) is 8.56. The molecule has 0 N–H and O–H groups in total. The van der Waals surface area contributed by atoms with Crippen molar-refractivity contribution in [3.8, 4) is 0 Å². The Morgan fingerprint density at radius 2 is 1.46 bits per heavy atom. The zero-order valence-electron chi connectivity index (χ0n) is 18.1. The fraction of sp³-hybridized carbons (Fsp3) is 0.400. The lowest BCUT2D eigenvalue weighted by Gasteiger charge is -2.44. The largest absolute Gasteiger partial charge is 0.407 e. The van der Waals surface area contributed by atoms with Gasteiger partial charge in [-0.15, -0.1) is 0 Å². The summed E-state index contributed by atoms with van der Waals surface area (Å²) in [6.07, 6.45) is 4.14. The first-order valence-electron chi connectivity index (χ1n) is 10.1. The molecule has 0 aliphatic rings. The highest BCUT2D eigenvalue weighted by atomic mass is 28.4. The van der Waals surface area contributed by atoms with Gasteiger partial charge in [0.1, 0.15) is 5.78 Å². The van der Waals surface area contributed by atoms with Crippen molar-refractivity contribution in [2.45, 2.75) is 46.6 Å². The smallest absolute Gasteiger partial charge is 0.261 e. The minimum Gasteiger partial charge on any atom is -0.407 e. The van der Waals surface area contributed by atoms with Crippen LogP contribution in [0.15, 0.2) is 72.8 Å². The summed E-state index contributed by atoms with van der Waals surface area (Å²) in [6.45, 7) is 13.0. The Bertz CT molecular complexity index is 736. The molecule has 0 unspecified atom stereocenters. The monoisotopic (exact) mass is 394 g/mol. The summed E-state index contributed by atoms with van der Waals surface area (Å²) in [5.74, 6) is 0.215. The minimum absolute atomic E-state index is 0.0599. The summed E-state index contributed by atoms with van der Waals surface area (Å²) < 4.78 is 6.99. The molecule has 0 saturated carbocycles. The molecule has 0 aliphatic heterocycles. The van der Waals surface area contributed by atoms with Crippen molar-refractivity contribution in [1.29, 1.82) is 0 Å². The minimum atomic E-state index is -2.57. The number of hydrogen-bond acceptors (Lipinski definition) is 2. The lowest BCUT2D eigenvalue weighted by Crippen LogP contribution is -2.67. The van der Waals surface area contributed by atoms with Crippen LogP contribution in [0, 0.1) is 11.8 Å². The second kappa shape index (κ2) is 9.49. The van der Waals surface area contributed by atoms with Crippen LogP contribution in [0.4, 0.5) is 0 Å². The third-order valence-corrected chi connectivity index (χ3v) is 10.6. The molecule has 0 bridgehead atoms. The van der Waals surface area contributed by atoms with Gasteiger partial charge in [-0.3, -0.25) is 4.79 Å². The molecule has 0 radical (unpaired) electrons. The highest BCUT2D eigenvalue weighted by molar-refractivity contribution is 6.99. The van der Waals surface area contributed by atoms with E-state index in [9.17, 15) is 4.79 Å². The van der Waals surface area contributed by atoms with Crippen molar-refractivity contribution in [2.24, 2.45) is 11.8 Å². The van der Waals surface area contributed by atoms with E-state index in [1.165, 1.54) is 10.4 Å². The van der Waals surface area contributed by atoms with E-state index < -0.39 is 8.32 Å². The van der Waals surface area contributed by atoms with E-state index >= 15 is 0 Å². The van der Waals surface area contributed by atoms with Gasteiger partial charge in [0, 0.05) is 18.4 Å². The number of rotatable bonds is 8. The van der Waals surface area contributed by atoms with Crippen LogP contribution in [0.3, 0.4) is 0 Å². The first-order chi connectivity index (χ1) is 13.2. The summed E-state index contributed by atoms with van der Waals surface area (Å²) in [5, 5.41) is 2.47. The van der Waals surface area contributed by atoms with Crippen molar-refractivity contribution in [3.05, 3.63) is 72.8 Å². The maximum atomic E-state index is 12.0. The molecule has 0 saturated heterocycles. The number of allylic oxidation sites excluding steroid dienone is 1. The number of Topliss-reactive ketones (excluding diaryl/α,β-unsaturated/α-hetero) is 1. The maximum absolute atomic E-state index is 12.0. The molecule has 2 atom stereocenters. The number of hydrogen-bond donors (Lipinski definition) is 0. The molecule has 150 valence electrons. The van der Waals surface area contributed by atoms with Crippen LogP contribution in [0.25, 0.3) is 0 Å². The fourth-order valence-corrected chi connectivity index (χ4v) is 8.50. The van der Waals surface area contributed by atoms with Crippen molar-refractivity contribution >= 4 is 24.5 Å². The second-order valence-corrected chi connectivity index (χ2v) is 12.9. The van der Waals surface area contributed by atoms with E-state index in [0.29, 0.717) is 6.61 Å². The predicted octanol–water partition coefficient (Wildman–Crippen LogP) is 4.98. The molecule has 3 heteroatoms. The zero-order valence-corrected chi connectivity index (χ0v) is 19.1. The molecule has 0 fully saturated rings. The van der Waals surface area contributed by atoms with Crippen molar-refractivity contribution < 1.29 is 9.22 Å². The van der Waals surface area contributed by atoms with Crippen LogP contribution >= 0.6 is 0 Å². The molecule has 2 aromatic rings. The van der Waals surface area contributed by atoms with Gasteiger partial charge in [0.05, 0.1) is 0 Å². The Kier molecular flexibility index (Phi) is 7.56. The van der Waals surface area contributed by atoms with E-state index in [4.69, 9.17) is 4.43 Å². The van der Waals surface area contributed by atoms with Gasteiger partial charge in [-0.1, -0.05) is 101 Å². The molecular weight excluding hydrogens is 360 g/mol. The standard InChI is InChI=1S/C25H34O2Si/c1-7-14-22(20(2)21(3)26)19-27-28(25(4,5)6,23-15-10-8-11-16-23)24-17-12-9-13-18-24/h7-18,20,22H,19H2,1-6H3/b14-7+/t20-,22-/m1/s1. The topological polar surface area (TPSA) is 26.3 Å². The molecule has 0 heterocycles.